The third-order valence-electron chi connectivity index (χ3n) is 0.535. The number of carbonyl (C=O) groups excluding carboxylic acids is 2. The fraction of sp³-hybridized carbons (Fsp3) is 0. The molecule has 0 aromatic rings. The van der Waals surface area contributed by atoms with Crippen LogP contribution in [-0.2, 0) is 17.2 Å². The summed E-state index contributed by atoms with van der Waals surface area (Å²) >= 11 is 3.25. The Morgan fingerprint density at radius 1 is 1.00 bits per heavy atom. The molecule has 0 saturated carbocycles. The molecule has 0 fully saturated rings. The Labute approximate surface area is 74.2 Å². The number of rotatable bonds is 2. The Bertz CT molecular complexity index is 147. The Hall–Kier alpha value is -0.281. The molecular weight excluding hydrogens is 270 g/mol. The molecular formula is C4H4O4Se2. The summed E-state index contributed by atoms with van der Waals surface area (Å²) in [6.45, 7) is 0. The minimum atomic E-state index is -0.613. The summed E-state index contributed by atoms with van der Waals surface area (Å²) in [4.78, 5) is 20.6. The average Bonchev–Trinajstić information content (AvgIpc) is 1.99. The van der Waals surface area contributed by atoms with Gasteiger partial charge in [-0.05, 0) is 0 Å². The molecule has 0 spiro atoms. The first-order chi connectivity index (χ1) is 4.70. The van der Waals surface area contributed by atoms with Crippen LogP contribution in [0, 0.1) is 0 Å². The third kappa shape index (κ3) is 4.58. The van der Waals surface area contributed by atoms with Crippen LogP contribution in [0.4, 0.5) is 0 Å². The molecule has 0 saturated heterocycles. The molecule has 56 valence electrons. The van der Waals surface area contributed by atoms with Gasteiger partial charge in [-0.1, -0.05) is 0 Å². The fourth-order valence-electron chi connectivity index (χ4n) is 0.197. The van der Waals surface area contributed by atoms with Crippen molar-refractivity contribution in [3.8, 4) is 0 Å². The molecule has 0 bridgehead atoms. The van der Waals surface area contributed by atoms with Crippen LogP contribution >= 0.6 is 0 Å². The summed E-state index contributed by atoms with van der Waals surface area (Å²) in [5.41, 5.74) is 0. The van der Waals surface area contributed by atoms with Crippen LogP contribution in [0.25, 0.3) is 0 Å². The molecule has 6 heteroatoms. The van der Waals surface area contributed by atoms with Crippen LogP contribution in [-0.4, -0.2) is 44.6 Å². The van der Waals surface area contributed by atoms with Gasteiger partial charge in [0.25, 0.3) is 0 Å². The Morgan fingerprint density at radius 3 is 1.50 bits per heavy atom. The SMILES string of the molecule is O=C(/C=C/C(=O)O[SeH])O[SeH]. The van der Waals surface area contributed by atoms with Crippen molar-refractivity contribution in [1.29, 1.82) is 0 Å². The summed E-state index contributed by atoms with van der Waals surface area (Å²) in [6.07, 6.45) is 1.93. The van der Waals surface area contributed by atoms with E-state index in [1.807, 2.05) is 0 Å². The minimum absolute atomic E-state index is 0.613. The summed E-state index contributed by atoms with van der Waals surface area (Å²) < 4.78 is 8.29. The molecule has 0 aromatic carbocycles. The van der Waals surface area contributed by atoms with Crippen LogP contribution in [0.5, 0.6) is 0 Å². The molecule has 0 aliphatic rings. The van der Waals surface area contributed by atoms with Gasteiger partial charge in [0.2, 0.25) is 0 Å². The van der Waals surface area contributed by atoms with Crippen LogP contribution in [0.3, 0.4) is 0 Å². The zero-order valence-electron chi connectivity index (χ0n) is 4.68. The van der Waals surface area contributed by atoms with Gasteiger partial charge >= 0.3 is 74.0 Å². The van der Waals surface area contributed by atoms with Crippen molar-refractivity contribution in [2.75, 3.05) is 0 Å². The molecule has 10 heavy (non-hydrogen) atoms. The van der Waals surface area contributed by atoms with Gasteiger partial charge < -0.3 is 0 Å². The van der Waals surface area contributed by atoms with E-state index in [0.717, 1.165) is 12.2 Å². The zero-order valence-corrected chi connectivity index (χ0v) is 8.44. The van der Waals surface area contributed by atoms with Crippen molar-refractivity contribution in [3.05, 3.63) is 12.2 Å². The van der Waals surface area contributed by atoms with Crippen LogP contribution in [0.15, 0.2) is 12.2 Å². The molecule has 0 radical (unpaired) electrons. The maximum atomic E-state index is 10.3. The topological polar surface area (TPSA) is 52.6 Å². The molecule has 0 rings (SSSR count). The van der Waals surface area contributed by atoms with Crippen LogP contribution < -0.4 is 0 Å². The van der Waals surface area contributed by atoms with Crippen molar-refractivity contribution < 1.29 is 17.2 Å². The van der Waals surface area contributed by atoms with Gasteiger partial charge in [0, 0.05) is 0 Å². The Balaban J connectivity index is 3.75. The van der Waals surface area contributed by atoms with Gasteiger partial charge in [-0.2, -0.15) is 0 Å². The predicted octanol–water partition coefficient (Wildman–Crippen LogP) is -1.74. The quantitative estimate of drug-likeness (QED) is 0.443. The molecule has 0 aromatic heterocycles. The first-order valence-corrected chi connectivity index (χ1v) is 3.62. The van der Waals surface area contributed by atoms with E-state index < -0.39 is 11.9 Å². The summed E-state index contributed by atoms with van der Waals surface area (Å²) in [5, 5.41) is 0. The van der Waals surface area contributed by atoms with E-state index >= 15 is 0 Å². The monoisotopic (exact) mass is 276 g/mol. The maximum absolute atomic E-state index is 10.3. The molecule has 0 atom stereocenters. The van der Waals surface area contributed by atoms with Gasteiger partial charge in [0.05, 0.1) is 0 Å². The molecule has 0 aliphatic carbocycles. The second kappa shape index (κ2) is 5.50. The van der Waals surface area contributed by atoms with Crippen molar-refractivity contribution >= 4 is 44.6 Å². The third-order valence-corrected chi connectivity index (χ3v) is 1.29. The second-order valence-electron chi connectivity index (χ2n) is 1.15. The van der Waals surface area contributed by atoms with E-state index in [4.69, 9.17) is 0 Å². The zero-order chi connectivity index (χ0) is 7.98. The Kier molecular flexibility index (Phi) is 5.35. The van der Waals surface area contributed by atoms with Gasteiger partial charge in [-0.3, -0.25) is 0 Å². The van der Waals surface area contributed by atoms with Crippen molar-refractivity contribution in [2.24, 2.45) is 0 Å². The summed E-state index contributed by atoms with van der Waals surface area (Å²) in [7, 11) is 0. The first-order valence-electron chi connectivity index (χ1n) is 2.09. The second-order valence-corrected chi connectivity index (χ2v) is 1.92. The summed E-state index contributed by atoms with van der Waals surface area (Å²) in [5.74, 6) is -1.23. The molecule has 0 amide bonds. The van der Waals surface area contributed by atoms with Gasteiger partial charge in [-0.25, -0.2) is 0 Å². The standard InChI is InChI=1S/C4H4O4Se2/c5-3(7-9)1-2-4(6)8-10/h1-2,9-10H/b2-1+. The molecule has 0 N–H and O–H groups in total. The van der Waals surface area contributed by atoms with E-state index in [-0.39, 0.29) is 0 Å². The summed E-state index contributed by atoms with van der Waals surface area (Å²) in [6, 6.07) is 0. The normalized spacial score (nSPS) is 9.40. The van der Waals surface area contributed by atoms with E-state index in [9.17, 15) is 9.59 Å². The number of carbonyl (C=O) groups is 2. The molecule has 0 aliphatic heterocycles. The van der Waals surface area contributed by atoms with Gasteiger partial charge in [-0.15, -0.1) is 0 Å². The Morgan fingerprint density at radius 2 is 1.30 bits per heavy atom. The van der Waals surface area contributed by atoms with Crippen LogP contribution in [0.1, 0.15) is 0 Å². The number of hydrogen-bond acceptors (Lipinski definition) is 4. The van der Waals surface area contributed by atoms with Crippen molar-refractivity contribution in [3.63, 3.8) is 0 Å². The van der Waals surface area contributed by atoms with E-state index in [1.54, 1.807) is 32.7 Å². The van der Waals surface area contributed by atoms with Gasteiger partial charge in [0.1, 0.15) is 0 Å². The predicted molar refractivity (Wildman–Crippen MR) is 35.6 cm³/mol. The average molecular weight is 274 g/mol. The van der Waals surface area contributed by atoms with E-state index in [0.29, 0.717) is 0 Å². The first kappa shape index (κ1) is 9.72. The van der Waals surface area contributed by atoms with E-state index in [2.05, 4.69) is 7.64 Å². The number of hydrogen-bond donors (Lipinski definition) is 0. The van der Waals surface area contributed by atoms with Crippen LogP contribution in [0.2, 0.25) is 0 Å². The molecule has 0 unspecified atom stereocenters. The van der Waals surface area contributed by atoms with E-state index in [1.165, 1.54) is 0 Å². The van der Waals surface area contributed by atoms with Crippen molar-refractivity contribution in [2.45, 2.75) is 0 Å². The van der Waals surface area contributed by atoms with Gasteiger partial charge in [0.15, 0.2) is 0 Å². The molecule has 0 heterocycles. The van der Waals surface area contributed by atoms with Crippen molar-refractivity contribution in [1.82, 2.24) is 0 Å². The molecule has 4 nitrogen and oxygen atoms in total. The fourth-order valence-corrected chi connectivity index (χ4v) is 0.452.